The molecule has 0 radical (unpaired) electrons. The number of nitrogens with one attached hydrogen (secondary N) is 2. The van der Waals surface area contributed by atoms with Gasteiger partial charge < -0.3 is 5.73 Å². The van der Waals surface area contributed by atoms with Gasteiger partial charge in [-0.2, -0.15) is 5.10 Å². The van der Waals surface area contributed by atoms with Crippen LogP contribution < -0.4 is 10.5 Å². The van der Waals surface area contributed by atoms with E-state index in [9.17, 15) is 8.42 Å². The minimum atomic E-state index is -3.40. The third kappa shape index (κ3) is 2.81. The summed E-state index contributed by atoms with van der Waals surface area (Å²) in [5.74, 6) is 0.257. The maximum atomic E-state index is 12.2. The number of H-pyrrole nitrogens is 1. The molecule has 2 rings (SSSR count). The Morgan fingerprint density at radius 1 is 1.44 bits per heavy atom. The number of hydrogen-bond acceptors (Lipinski definition) is 4. The lowest BCUT2D eigenvalue weighted by molar-refractivity contribution is 0.486. The van der Waals surface area contributed by atoms with Gasteiger partial charge in [0.2, 0.25) is 10.0 Å². The van der Waals surface area contributed by atoms with Crippen LogP contribution in [-0.4, -0.2) is 28.9 Å². The average Bonchev–Trinajstić information content (AvgIpc) is 2.78. The van der Waals surface area contributed by atoms with Gasteiger partial charge >= 0.3 is 0 Å². The summed E-state index contributed by atoms with van der Waals surface area (Å²) in [7, 11) is -3.40. The fraction of sp³-hybridized carbons (Fsp3) is 0.600. The first-order chi connectivity index (χ1) is 8.50. The second-order valence-electron chi connectivity index (χ2n) is 4.43. The number of rotatable bonds is 4. The van der Waals surface area contributed by atoms with Crippen molar-refractivity contribution in [2.45, 2.75) is 37.4 Å². The molecule has 18 heavy (non-hydrogen) atoms. The topological polar surface area (TPSA) is 101 Å². The van der Waals surface area contributed by atoms with Crippen LogP contribution in [0.3, 0.4) is 0 Å². The molecule has 0 aromatic carbocycles. The van der Waals surface area contributed by atoms with Gasteiger partial charge in [0.05, 0.1) is 17.0 Å². The Hall–Kier alpha value is -1.15. The molecule has 0 spiro atoms. The zero-order valence-electron chi connectivity index (χ0n) is 9.85. The molecule has 0 atom stereocenters. The van der Waals surface area contributed by atoms with E-state index in [2.05, 4.69) is 14.9 Å². The molecule has 1 aromatic heterocycles. The summed E-state index contributed by atoms with van der Waals surface area (Å²) in [5.41, 5.74) is 5.91. The van der Waals surface area contributed by atoms with Crippen LogP contribution in [-0.2, 0) is 10.0 Å². The van der Waals surface area contributed by atoms with Crippen LogP contribution in [0.2, 0.25) is 0 Å². The molecule has 100 valence electrons. The molecule has 1 heterocycles. The van der Waals surface area contributed by atoms with Crippen LogP contribution in [0, 0.1) is 0 Å². The molecule has 0 aliphatic heterocycles. The quantitative estimate of drug-likeness (QED) is 0.721. The third-order valence-corrected chi connectivity index (χ3v) is 5.20. The maximum absolute atomic E-state index is 12.2. The van der Waals surface area contributed by atoms with Crippen molar-refractivity contribution in [3.8, 4) is 0 Å². The second-order valence-corrected chi connectivity index (χ2v) is 6.83. The Kier molecular flexibility index (Phi) is 3.86. The van der Waals surface area contributed by atoms with Gasteiger partial charge in [-0.25, -0.2) is 8.42 Å². The van der Waals surface area contributed by atoms with Gasteiger partial charge in [0.25, 0.3) is 0 Å². The van der Waals surface area contributed by atoms with Crippen molar-refractivity contribution in [3.05, 3.63) is 11.8 Å². The number of sulfonamides is 1. The Morgan fingerprint density at radius 2 is 2.11 bits per heavy atom. The van der Waals surface area contributed by atoms with E-state index in [1.54, 1.807) is 0 Å². The van der Waals surface area contributed by atoms with Gasteiger partial charge in [0, 0.05) is 0 Å². The largest absolute Gasteiger partial charge is 0.389 e. The first-order valence-corrected chi connectivity index (χ1v) is 7.81. The van der Waals surface area contributed by atoms with E-state index in [0.29, 0.717) is 18.4 Å². The molecule has 0 saturated heterocycles. The van der Waals surface area contributed by atoms with Crippen molar-refractivity contribution in [2.75, 3.05) is 4.72 Å². The zero-order chi connectivity index (χ0) is 13.2. The van der Waals surface area contributed by atoms with Crippen LogP contribution in [0.15, 0.2) is 6.20 Å². The Bertz CT molecular complexity index is 532. The molecule has 8 heteroatoms. The first-order valence-electron chi connectivity index (χ1n) is 5.85. The summed E-state index contributed by atoms with van der Waals surface area (Å²) >= 11 is 4.83. The molecular formula is C10H16N4O2S2. The fourth-order valence-corrected chi connectivity index (χ4v) is 3.87. The molecule has 0 unspecified atom stereocenters. The average molecular weight is 288 g/mol. The van der Waals surface area contributed by atoms with Crippen molar-refractivity contribution in [2.24, 2.45) is 5.73 Å². The second kappa shape index (κ2) is 5.23. The maximum Gasteiger partial charge on any atom is 0.236 e. The van der Waals surface area contributed by atoms with Crippen molar-refractivity contribution in [1.29, 1.82) is 0 Å². The number of aromatic amines is 1. The fourth-order valence-electron chi connectivity index (χ4n) is 2.15. The van der Waals surface area contributed by atoms with Gasteiger partial charge in [0.1, 0.15) is 10.8 Å². The summed E-state index contributed by atoms with van der Waals surface area (Å²) in [6.45, 7) is 0. The van der Waals surface area contributed by atoms with Crippen LogP contribution >= 0.6 is 12.2 Å². The van der Waals surface area contributed by atoms with Crippen LogP contribution in [0.1, 0.15) is 37.7 Å². The number of thiocarbonyl (C=S) groups is 1. The Labute approximate surface area is 111 Å². The number of nitrogens with zero attached hydrogens (tertiary/aromatic N) is 1. The molecular weight excluding hydrogens is 272 g/mol. The van der Waals surface area contributed by atoms with Gasteiger partial charge in [-0.05, 0) is 12.8 Å². The number of aromatic nitrogens is 2. The molecule has 0 amide bonds. The van der Waals surface area contributed by atoms with Crippen molar-refractivity contribution >= 4 is 33.0 Å². The highest BCUT2D eigenvalue weighted by Gasteiger charge is 2.28. The van der Waals surface area contributed by atoms with Crippen molar-refractivity contribution in [1.82, 2.24) is 10.2 Å². The van der Waals surface area contributed by atoms with E-state index in [-0.39, 0.29) is 16.1 Å². The number of hydrogen-bond donors (Lipinski definition) is 3. The molecule has 0 bridgehead atoms. The Balaban J connectivity index is 2.16. The summed E-state index contributed by atoms with van der Waals surface area (Å²) in [4.78, 5) is 0.116. The van der Waals surface area contributed by atoms with Gasteiger partial charge in [0.15, 0.2) is 0 Å². The predicted octanol–water partition coefficient (Wildman–Crippen LogP) is 1.12. The van der Waals surface area contributed by atoms with Crippen LogP contribution in [0.4, 0.5) is 5.82 Å². The third-order valence-electron chi connectivity index (χ3n) is 3.14. The standard InChI is InChI=1S/C10H16N4O2S2/c11-9(17)8-6-12-13-10(8)14-18(15,16)7-4-2-1-3-5-7/h6-7H,1-5H2,(H2,11,17)(H2,12,13,14). The highest BCUT2D eigenvalue weighted by molar-refractivity contribution is 7.93. The molecule has 1 aliphatic rings. The van der Waals surface area contributed by atoms with Crippen molar-refractivity contribution in [3.63, 3.8) is 0 Å². The summed E-state index contributed by atoms with van der Waals surface area (Å²) in [6, 6.07) is 0. The zero-order valence-corrected chi connectivity index (χ0v) is 11.5. The molecule has 1 aromatic rings. The molecule has 1 saturated carbocycles. The molecule has 6 nitrogen and oxygen atoms in total. The lowest BCUT2D eigenvalue weighted by Gasteiger charge is -2.22. The van der Waals surface area contributed by atoms with Gasteiger partial charge in [-0.3, -0.25) is 9.82 Å². The summed E-state index contributed by atoms with van der Waals surface area (Å²) in [6.07, 6.45) is 5.83. The first kappa shape index (κ1) is 13.3. The highest BCUT2D eigenvalue weighted by Crippen LogP contribution is 2.25. The van der Waals surface area contributed by atoms with Gasteiger partial charge in [-0.15, -0.1) is 0 Å². The monoisotopic (exact) mass is 288 g/mol. The van der Waals surface area contributed by atoms with E-state index in [4.69, 9.17) is 18.0 Å². The SMILES string of the molecule is NC(=S)c1cn[nH]c1NS(=O)(=O)C1CCCCC1. The molecule has 1 aliphatic carbocycles. The van der Waals surface area contributed by atoms with Crippen LogP contribution in [0.5, 0.6) is 0 Å². The van der Waals surface area contributed by atoms with Gasteiger partial charge in [-0.1, -0.05) is 31.5 Å². The minimum absolute atomic E-state index is 0.116. The lowest BCUT2D eigenvalue weighted by Crippen LogP contribution is -2.30. The van der Waals surface area contributed by atoms with E-state index in [1.165, 1.54) is 6.20 Å². The predicted molar refractivity (Wildman–Crippen MR) is 73.9 cm³/mol. The highest BCUT2D eigenvalue weighted by atomic mass is 32.2. The van der Waals surface area contributed by atoms with E-state index in [1.807, 2.05) is 0 Å². The van der Waals surface area contributed by atoms with E-state index < -0.39 is 10.0 Å². The number of anilines is 1. The van der Waals surface area contributed by atoms with Crippen molar-refractivity contribution < 1.29 is 8.42 Å². The Morgan fingerprint density at radius 3 is 2.72 bits per heavy atom. The summed E-state index contributed by atoms with van der Waals surface area (Å²) in [5, 5.41) is 5.99. The smallest absolute Gasteiger partial charge is 0.236 e. The van der Waals surface area contributed by atoms with E-state index in [0.717, 1.165) is 19.3 Å². The molecule has 4 N–H and O–H groups in total. The summed E-state index contributed by atoms with van der Waals surface area (Å²) < 4.78 is 26.9. The minimum Gasteiger partial charge on any atom is -0.389 e. The van der Waals surface area contributed by atoms with Crippen LogP contribution in [0.25, 0.3) is 0 Å². The normalized spacial score (nSPS) is 17.6. The molecule has 1 fully saturated rings. The lowest BCUT2D eigenvalue weighted by atomic mass is 10.0. The van der Waals surface area contributed by atoms with E-state index >= 15 is 0 Å². The number of nitrogens with two attached hydrogens (primary N) is 1.